The Kier molecular flexibility index (Phi) is 12.9. The first-order valence-corrected chi connectivity index (χ1v) is 14.8. The largest absolute Gasteiger partial charge is 0.493 e. The molecule has 1 atom stereocenters. The summed E-state index contributed by atoms with van der Waals surface area (Å²) in [5.41, 5.74) is 7.04. The Morgan fingerprint density at radius 3 is 2.28 bits per heavy atom. The number of nitrogens with one attached hydrogen (secondary N) is 3. The van der Waals surface area contributed by atoms with Crippen molar-refractivity contribution in [2.24, 2.45) is 5.92 Å². The van der Waals surface area contributed by atoms with Crippen LogP contribution in [0.25, 0.3) is 0 Å². The van der Waals surface area contributed by atoms with Crippen LogP contribution in [0.5, 0.6) is 5.75 Å². The normalized spacial score (nSPS) is 14.3. The van der Waals surface area contributed by atoms with Gasteiger partial charge in [0, 0.05) is 61.8 Å². The lowest BCUT2D eigenvalue weighted by atomic mass is 10.1. The molecular weight excluding hydrogens is 598 g/mol. The van der Waals surface area contributed by atoms with Crippen LogP contribution in [0.3, 0.4) is 0 Å². The zero-order valence-electron chi connectivity index (χ0n) is 25.4. The number of rotatable bonds is 17. The third-order valence-corrected chi connectivity index (χ3v) is 7.27. The Hall–Kier alpha value is -5.40. The molecule has 0 radical (unpaired) electrons. The topological polar surface area (TPSA) is 126 Å². The fraction of sp³-hybridized carbons (Fsp3) is 0.312. The number of carbonyl (C=O) groups excluding carboxylic acids is 2. The van der Waals surface area contributed by atoms with Crippen molar-refractivity contribution in [1.29, 1.82) is 0 Å². The zero-order chi connectivity index (χ0) is 32.6. The molecule has 4 rings (SSSR count). The average molecular weight is 637 g/mol. The first-order valence-electron chi connectivity index (χ1n) is 14.8. The molecule has 0 saturated carbocycles. The molecule has 3 N–H and O–H groups in total. The molecule has 1 aliphatic rings. The van der Waals surface area contributed by atoms with Crippen molar-refractivity contribution < 1.29 is 27.8 Å². The van der Waals surface area contributed by atoms with Crippen molar-refractivity contribution in [2.75, 3.05) is 54.5 Å². The number of aromatic nitrogens is 3. The number of carbonyl (C=O) groups is 2. The second-order valence-electron chi connectivity index (χ2n) is 10.4. The molecule has 1 saturated heterocycles. The van der Waals surface area contributed by atoms with Crippen LogP contribution in [0.1, 0.15) is 12.8 Å². The number of piperazine rings is 1. The lowest BCUT2D eigenvalue weighted by Crippen LogP contribution is -2.46. The second kappa shape index (κ2) is 17.8. The first-order chi connectivity index (χ1) is 22.5. The number of hydrogen-bond acceptors (Lipinski definition) is 8. The third kappa shape index (κ3) is 10.4. The molecule has 14 heteroatoms. The predicted molar refractivity (Wildman–Crippen MR) is 171 cm³/mol. The summed E-state index contributed by atoms with van der Waals surface area (Å²) in [4.78, 5) is 30.5. The molecule has 1 aliphatic heterocycles. The molecule has 0 unspecified atom stereocenters. The van der Waals surface area contributed by atoms with Crippen LogP contribution in [0.4, 0.5) is 30.6 Å². The number of ether oxygens (including phenoxy) is 2. The molecule has 2 heterocycles. The number of anilines is 3. The van der Waals surface area contributed by atoms with Crippen LogP contribution in [0, 0.1) is 5.92 Å². The van der Waals surface area contributed by atoms with Crippen LogP contribution >= 0.6 is 0 Å². The Bertz CT molecular complexity index is 1440. The average Bonchev–Trinajstić information content (AvgIpc) is 3.61. The fourth-order valence-corrected chi connectivity index (χ4v) is 4.88. The molecule has 12 nitrogen and oxygen atoms in total. The Morgan fingerprint density at radius 1 is 1.02 bits per heavy atom. The van der Waals surface area contributed by atoms with E-state index in [4.69, 9.17) is 9.47 Å². The van der Waals surface area contributed by atoms with Gasteiger partial charge in [0.1, 0.15) is 18.4 Å². The van der Waals surface area contributed by atoms with Crippen molar-refractivity contribution in [3.05, 3.63) is 97.8 Å². The Labute approximate surface area is 266 Å². The molecular formula is C32H38F2N8O4. The summed E-state index contributed by atoms with van der Waals surface area (Å²) in [6, 6.07) is 14.9. The summed E-state index contributed by atoms with van der Waals surface area (Å²) in [6.07, 6.45) is 7.04. The second-order valence-corrected chi connectivity index (χ2v) is 10.4. The van der Waals surface area contributed by atoms with Crippen molar-refractivity contribution >= 4 is 29.5 Å². The number of aryl methyl sites for hydroxylation is 1. The molecule has 244 valence electrons. The minimum Gasteiger partial charge on any atom is -0.493 e. The van der Waals surface area contributed by atoms with Gasteiger partial charge < -0.3 is 24.6 Å². The van der Waals surface area contributed by atoms with E-state index in [1.54, 1.807) is 11.0 Å². The van der Waals surface area contributed by atoms with Gasteiger partial charge in [-0.25, -0.2) is 24.0 Å². The summed E-state index contributed by atoms with van der Waals surface area (Å²) < 4.78 is 40.0. The van der Waals surface area contributed by atoms with Gasteiger partial charge >= 0.3 is 6.03 Å². The number of hydrogen-bond donors (Lipinski definition) is 3. The maximum atomic E-state index is 14.1. The fourth-order valence-electron chi connectivity index (χ4n) is 4.88. The summed E-state index contributed by atoms with van der Waals surface area (Å²) in [5, 5.41) is 6.76. The van der Waals surface area contributed by atoms with Gasteiger partial charge in [0.05, 0.1) is 19.5 Å². The van der Waals surface area contributed by atoms with Crippen molar-refractivity contribution in [2.45, 2.75) is 19.4 Å². The van der Waals surface area contributed by atoms with E-state index < -0.39 is 11.9 Å². The highest BCUT2D eigenvalue weighted by atomic mass is 19.1. The molecule has 3 aromatic rings. The smallest absolute Gasteiger partial charge is 0.337 e. The summed E-state index contributed by atoms with van der Waals surface area (Å²) in [5.74, 6) is -0.324. The van der Waals surface area contributed by atoms with Gasteiger partial charge in [0.2, 0.25) is 6.41 Å². The van der Waals surface area contributed by atoms with Crippen LogP contribution < -0.4 is 30.7 Å². The number of benzene rings is 2. The first kappa shape index (κ1) is 33.5. The van der Waals surface area contributed by atoms with Crippen molar-refractivity contribution in [3.63, 3.8) is 0 Å². The molecule has 0 bridgehead atoms. The van der Waals surface area contributed by atoms with E-state index in [0.717, 1.165) is 50.4 Å². The lowest BCUT2D eigenvalue weighted by molar-refractivity contribution is -0.110. The van der Waals surface area contributed by atoms with E-state index in [1.165, 1.54) is 12.4 Å². The van der Waals surface area contributed by atoms with E-state index in [1.807, 2.05) is 48.5 Å². The van der Waals surface area contributed by atoms with Crippen LogP contribution in [-0.2, 0) is 16.1 Å². The van der Waals surface area contributed by atoms with Gasteiger partial charge in [0.25, 0.3) is 0 Å². The van der Waals surface area contributed by atoms with Crippen LogP contribution in [0.15, 0.2) is 97.8 Å². The van der Waals surface area contributed by atoms with Gasteiger partial charge in [-0.3, -0.25) is 14.9 Å². The lowest BCUT2D eigenvalue weighted by Gasteiger charge is -2.37. The summed E-state index contributed by atoms with van der Waals surface area (Å²) in [7, 11) is 0. The van der Waals surface area contributed by atoms with E-state index in [9.17, 15) is 18.4 Å². The highest BCUT2D eigenvalue weighted by Gasteiger charge is 2.18. The van der Waals surface area contributed by atoms with Gasteiger partial charge in [-0.05, 0) is 67.4 Å². The minimum atomic E-state index is -0.835. The van der Waals surface area contributed by atoms with E-state index in [-0.39, 0.29) is 24.6 Å². The number of amides is 3. The molecule has 2 aromatic carbocycles. The van der Waals surface area contributed by atoms with Crippen LogP contribution in [0.2, 0.25) is 0 Å². The van der Waals surface area contributed by atoms with Crippen LogP contribution in [-0.4, -0.2) is 66.6 Å². The zero-order valence-corrected chi connectivity index (χ0v) is 25.4. The Balaban J connectivity index is 1.26. The standard InChI is InChI=1S/C32H38F2N8O4/c1-2-31(30(34)13-14-33)46-21-25(4-3-15-42-23-35-22-37-42)20-45-29-11-9-28(10-12-29)41-18-16-40(17-19-41)27-7-5-26(6-8-27)38-32(44)39-36-24-43/h2,5-14,22-25H,1,3-4,15-21H2,(H,36,43)(H2,38,39,44)/b14-13+,31-30-/t25-/m1/s1. The van der Waals surface area contributed by atoms with E-state index in [0.29, 0.717) is 37.1 Å². The molecule has 0 spiro atoms. The molecule has 46 heavy (non-hydrogen) atoms. The molecule has 1 aromatic heterocycles. The van der Waals surface area contributed by atoms with Crippen molar-refractivity contribution in [3.8, 4) is 5.75 Å². The van der Waals surface area contributed by atoms with Gasteiger partial charge in [-0.15, -0.1) is 0 Å². The quantitative estimate of drug-likeness (QED) is 0.0841. The number of urea groups is 1. The number of allylic oxidation sites excluding steroid dienone is 3. The summed E-state index contributed by atoms with van der Waals surface area (Å²) in [6.45, 7) is 8.06. The number of hydrazine groups is 1. The van der Waals surface area contributed by atoms with Gasteiger partial charge in [-0.2, -0.15) is 5.10 Å². The SMILES string of the molecule is C=C/C(OC[C@H](CCCn1cncn1)COc1ccc(N2CCN(c3ccc(NC(=O)NNC=O)cc3)CC2)cc1)=C(F)\C=C\F. The molecule has 0 aliphatic carbocycles. The number of nitrogens with zero attached hydrogens (tertiary/aromatic N) is 5. The summed E-state index contributed by atoms with van der Waals surface area (Å²) >= 11 is 0. The minimum absolute atomic E-state index is 0.0742. The van der Waals surface area contributed by atoms with E-state index >= 15 is 0 Å². The Morgan fingerprint density at radius 2 is 1.70 bits per heavy atom. The molecule has 3 amide bonds. The van der Waals surface area contributed by atoms with Gasteiger partial charge in [0.15, 0.2) is 11.6 Å². The monoisotopic (exact) mass is 636 g/mol. The maximum Gasteiger partial charge on any atom is 0.337 e. The van der Waals surface area contributed by atoms with E-state index in [2.05, 4.69) is 42.6 Å². The highest BCUT2D eigenvalue weighted by molar-refractivity contribution is 5.89. The van der Waals surface area contributed by atoms with Gasteiger partial charge in [-0.1, -0.05) is 6.58 Å². The van der Waals surface area contributed by atoms with Crippen molar-refractivity contribution in [1.82, 2.24) is 25.6 Å². The predicted octanol–water partition coefficient (Wildman–Crippen LogP) is 4.73. The molecule has 1 fully saturated rings. The highest BCUT2D eigenvalue weighted by Crippen LogP contribution is 2.25. The third-order valence-electron chi connectivity index (χ3n) is 7.27. The maximum absolute atomic E-state index is 14.1. The number of halogens is 2.